The van der Waals surface area contributed by atoms with Gasteiger partial charge in [-0.1, -0.05) is 24.6 Å². The Labute approximate surface area is 111 Å². The van der Waals surface area contributed by atoms with Gasteiger partial charge >= 0.3 is 0 Å². The summed E-state index contributed by atoms with van der Waals surface area (Å²) in [6.07, 6.45) is 0.388. The fourth-order valence-electron chi connectivity index (χ4n) is 1.34. The van der Waals surface area contributed by atoms with E-state index in [4.69, 9.17) is 11.6 Å². The Bertz CT molecular complexity index is 415. The first-order valence-electron chi connectivity index (χ1n) is 5.77. The number of aliphatic hydroxyl groups is 1. The highest BCUT2D eigenvalue weighted by Gasteiger charge is 2.19. The Morgan fingerprint density at radius 3 is 2.78 bits per heavy atom. The van der Waals surface area contributed by atoms with E-state index >= 15 is 0 Å². The van der Waals surface area contributed by atoms with Gasteiger partial charge in [0.25, 0.3) is 0 Å². The molecule has 0 spiro atoms. The molecule has 0 bridgehead atoms. The van der Waals surface area contributed by atoms with Crippen molar-refractivity contribution in [2.45, 2.75) is 32.3 Å². The van der Waals surface area contributed by atoms with Gasteiger partial charge in [-0.25, -0.2) is 4.39 Å². The molecule has 0 radical (unpaired) electrons. The molecule has 1 amide bonds. The van der Waals surface area contributed by atoms with Gasteiger partial charge in [-0.15, -0.1) is 0 Å². The zero-order valence-electron chi connectivity index (χ0n) is 10.5. The number of carbonyl (C=O) groups is 1. The number of hydrogen-bond donors (Lipinski definition) is 2. The minimum atomic E-state index is -0.950. The van der Waals surface area contributed by atoms with Crippen molar-refractivity contribution in [2.24, 2.45) is 0 Å². The van der Waals surface area contributed by atoms with Crippen LogP contribution in [0.1, 0.15) is 25.8 Å². The van der Waals surface area contributed by atoms with Gasteiger partial charge in [0, 0.05) is 17.1 Å². The predicted molar refractivity (Wildman–Crippen MR) is 69.0 cm³/mol. The smallest absolute Gasteiger partial charge is 0.224 e. The van der Waals surface area contributed by atoms with E-state index in [9.17, 15) is 14.3 Å². The highest BCUT2D eigenvalue weighted by molar-refractivity contribution is 6.31. The Morgan fingerprint density at radius 2 is 2.22 bits per heavy atom. The van der Waals surface area contributed by atoms with Gasteiger partial charge in [-0.3, -0.25) is 4.79 Å². The van der Waals surface area contributed by atoms with Crippen molar-refractivity contribution >= 4 is 17.5 Å². The minimum absolute atomic E-state index is 0.133. The summed E-state index contributed by atoms with van der Waals surface area (Å²) in [5.41, 5.74) is -0.776. The lowest BCUT2D eigenvalue weighted by Gasteiger charge is -2.21. The molecule has 1 aromatic carbocycles. The maximum absolute atomic E-state index is 13.4. The van der Waals surface area contributed by atoms with Crippen molar-refractivity contribution in [3.05, 3.63) is 34.6 Å². The van der Waals surface area contributed by atoms with Crippen LogP contribution in [0, 0.1) is 5.82 Å². The summed E-state index contributed by atoms with van der Waals surface area (Å²) in [5, 5.41) is 12.5. The molecule has 0 aliphatic carbocycles. The van der Waals surface area contributed by atoms with E-state index in [-0.39, 0.29) is 29.5 Å². The number of benzene rings is 1. The molecular weight excluding hydrogens is 257 g/mol. The maximum atomic E-state index is 13.4. The van der Waals surface area contributed by atoms with Gasteiger partial charge in [-0.2, -0.15) is 0 Å². The standard InChI is InChI=1S/C13H17ClFNO2/c1-3-13(2,18)8-16-12(17)7-9-10(14)5-4-6-11(9)15/h4-6,18H,3,7-8H2,1-2H3,(H,16,17). The molecule has 1 atom stereocenters. The summed E-state index contributed by atoms with van der Waals surface area (Å²) >= 11 is 5.82. The Hall–Kier alpha value is -1.13. The van der Waals surface area contributed by atoms with E-state index in [2.05, 4.69) is 5.32 Å². The van der Waals surface area contributed by atoms with Gasteiger partial charge in [0.15, 0.2) is 0 Å². The number of halogens is 2. The second-order valence-electron chi connectivity index (χ2n) is 4.50. The summed E-state index contributed by atoms with van der Waals surface area (Å²) in [4.78, 5) is 11.6. The third-order valence-electron chi connectivity index (χ3n) is 2.83. The Kier molecular flexibility index (Phi) is 5.11. The zero-order valence-corrected chi connectivity index (χ0v) is 11.2. The third kappa shape index (κ3) is 4.27. The summed E-state index contributed by atoms with van der Waals surface area (Å²) in [6, 6.07) is 4.28. The fourth-order valence-corrected chi connectivity index (χ4v) is 1.57. The molecule has 0 fully saturated rings. The van der Waals surface area contributed by atoms with Crippen LogP contribution in [-0.2, 0) is 11.2 Å². The Balaban J connectivity index is 2.61. The van der Waals surface area contributed by atoms with Gasteiger partial charge in [0.2, 0.25) is 5.91 Å². The zero-order chi connectivity index (χ0) is 13.8. The maximum Gasteiger partial charge on any atom is 0.224 e. The second-order valence-corrected chi connectivity index (χ2v) is 4.91. The van der Waals surface area contributed by atoms with Gasteiger partial charge in [0.1, 0.15) is 5.82 Å². The summed E-state index contributed by atoms with van der Waals surface area (Å²) in [6.45, 7) is 3.58. The van der Waals surface area contributed by atoms with Crippen molar-refractivity contribution in [1.29, 1.82) is 0 Å². The molecule has 0 aliphatic rings. The molecule has 1 rings (SSSR count). The topological polar surface area (TPSA) is 49.3 Å². The van der Waals surface area contributed by atoms with Crippen LogP contribution in [0.4, 0.5) is 4.39 Å². The number of nitrogens with one attached hydrogen (secondary N) is 1. The Morgan fingerprint density at radius 1 is 1.56 bits per heavy atom. The van der Waals surface area contributed by atoms with Crippen molar-refractivity contribution in [3.8, 4) is 0 Å². The number of hydrogen-bond acceptors (Lipinski definition) is 2. The molecule has 1 aromatic rings. The van der Waals surface area contributed by atoms with Crippen molar-refractivity contribution < 1.29 is 14.3 Å². The molecule has 0 saturated heterocycles. The minimum Gasteiger partial charge on any atom is -0.388 e. The van der Waals surface area contributed by atoms with Crippen LogP contribution < -0.4 is 5.32 Å². The van der Waals surface area contributed by atoms with E-state index in [1.54, 1.807) is 6.92 Å². The molecule has 2 N–H and O–H groups in total. The molecule has 5 heteroatoms. The quantitative estimate of drug-likeness (QED) is 0.865. The highest BCUT2D eigenvalue weighted by Crippen LogP contribution is 2.19. The molecule has 0 aromatic heterocycles. The van der Waals surface area contributed by atoms with Crippen LogP contribution in [0.3, 0.4) is 0 Å². The van der Waals surface area contributed by atoms with Crippen LogP contribution in [0.5, 0.6) is 0 Å². The van der Waals surface area contributed by atoms with Crippen LogP contribution >= 0.6 is 11.6 Å². The average molecular weight is 274 g/mol. The predicted octanol–water partition coefficient (Wildman–Crippen LogP) is 2.30. The molecule has 1 unspecified atom stereocenters. The summed E-state index contributed by atoms with van der Waals surface area (Å²) < 4.78 is 13.4. The largest absolute Gasteiger partial charge is 0.388 e. The highest BCUT2D eigenvalue weighted by atomic mass is 35.5. The average Bonchev–Trinajstić information content (AvgIpc) is 2.32. The van der Waals surface area contributed by atoms with Crippen LogP contribution in [0.25, 0.3) is 0 Å². The number of amides is 1. The van der Waals surface area contributed by atoms with E-state index in [0.29, 0.717) is 6.42 Å². The first-order chi connectivity index (χ1) is 8.35. The third-order valence-corrected chi connectivity index (χ3v) is 3.18. The van der Waals surface area contributed by atoms with E-state index in [1.165, 1.54) is 18.2 Å². The number of carbonyl (C=O) groups excluding carboxylic acids is 1. The van der Waals surface area contributed by atoms with Crippen molar-refractivity contribution in [2.75, 3.05) is 6.54 Å². The fraction of sp³-hybridized carbons (Fsp3) is 0.462. The van der Waals surface area contributed by atoms with E-state index in [1.807, 2.05) is 6.92 Å². The van der Waals surface area contributed by atoms with Crippen LogP contribution in [0.15, 0.2) is 18.2 Å². The molecule has 18 heavy (non-hydrogen) atoms. The van der Waals surface area contributed by atoms with Crippen LogP contribution in [0.2, 0.25) is 5.02 Å². The second kappa shape index (κ2) is 6.16. The van der Waals surface area contributed by atoms with E-state index < -0.39 is 11.4 Å². The molecule has 100 valence electrons. The first kappa shape index (κ1) is 14.9. The normalized spacial score (nSPS) is 14.1. The summed E-state index contributed by atoms with van der Waals surface area (Å²) in [5.74, 6) is -0.865. The first-order valence-corrected chi connectivity index (χ1v) is 6.15. The summed E-state index contributed by atoms with van der Waals surface area (Å²) in [7, 11) is 0. The number of rotatable bonds is 5. The molecular formula is C13H17ClFNO2. The van der Waals surface area contributed by atoms with Crippen molar-refractivity contribution in [3.63, 3.8) is 0 Å². The lowest BCUT2D eigenvalue weighted by molar-refractivity contribution is -0.121. The lowest BCUT2D eigenvalue weighted by Crippen LogP contribution is -2.40. The SMILES string of the molecule is CCC(C)(O)CNC(=O)Cc1c(F)cccc1Cl. The van der Waals surface area contributed by atoms with Crippen molar-refractivity contribution in [1.82, 2.24) is 5.32 Å². The lowest BCUT2D eigenvalue weighted by atomic mass is 10.0. The van der Waals surface area contributed by atoms with Crippen LogP contribution in [-0.4, -0.2) is 23.2 Å². The van der Waals surface area contributed by atoms with Gasteiger partial charge in [-0.05, 0) is 25.5 Å². The van der Waals surface area contributed by atoms with Gasteiger partial charge < -0.3 is 10.4 Å². The molecule has 0 aliphatic heterocycles. The monoisotopic (exact) mass is 273 g/mol. The molecule has 0 saturated carbocycles. The van der Waals surface area contributed by atoms with E-state index in [0.717, 1.165) is 0 Å². The van der Waals surface area contributed by atoms with Gasteiger partial charge in [0.05, 0.1) is 12.0 Å². The molecule has 0 heterocycles. The molecule has 3 nitrogen and oxygen atoms in total.